The van der Waals surface area contributed by atoms with Gasteiger partial charge in [0.15, 0.2) is 0 Å². The fourth-order valence-corrected chi connectivity index (χ4v) is 5.23. The predicted molar refractivity (Wildman–Crippen MR) is 105 cm³/mol. The van der Waals surface area contributed by atoms with Crippen LogP contribution in [0.3, 0.4) is 0 Å². The molecule has 0 aliphatic carbocycles. The summed E-state index contributed by atoms with van der Waals surface area (Å²) in [6.45, 7) is 3.51. The van der Waals surface area contributed by atoms with E-state index in [1.807, 2.05) is 41.1 Å². The summed E-state index contributed by atoms with van der Waals surface area (Å²) in [5.74, 6) is -0.919. The Hall–Kier alpha value is -2.34. The number of amides is 1. The van der Waals surface area contributed by atoms with Gasteiger partial charge in [0.05, 0.1) is 16.0 Å². The van der Waals surface area contributed by atoms with E-state index in [4.69, 9.17) is 14.6 Å². The molecule has 2 fully saturated rings. The number of alkyl halides is 3. The van der Waals surface area contributed by atoms with Crippen LogP contribution in [0.15, 0.2) is 29.9 Å². The highest BCUT2D eigenvalue weighted by Crippen LogP contribution is 2.46. The van der Waals surface area contributed by atoms with Crippen molar-refractivity contribution in [2.75, 3.05) is 18.8 Å². The molecule has 2 aromatic heterocycles. The Bertz CT molecular complexity index is 902. The summed E-state index contributed by atoms with van der Waals surface area (Å²) in [6, 6.07) is 3.82. The SMILES string of the molecule is Cc1nc(C(=O)N2CC3(CC(Oc4cccnc4)CS3)C2)cs1.O=C(O)C(F)(F)F. The summed E-state index contributed by atoms with van der Waals surface area (Å²) in [7, 11) is 0. The van der Waals surface area contributed by atoms with Gasteiger partial charge in [-0.25, -0.2) is 9.78 Å². The molecule has 4 rings (SSSR count). The topological polar surface area (TPSA) is 92.6 Å². The van der Waals surface area contributed by atoms with Crippen LogP contribution < -0.4 is 4.74 Å². The monoisotopic (exact) mass is 461 g/mol. The molecular formula is C18H18F3N3O4S2. The van der Waals surface area contributed by atoms with Crippen molar-refractivity contribution in [3.8, 4) is 5.75 Å². The summed E-state index contributed by atoms with van der Waals surface area (Å²) in [5.41, 5.74) is 0.577. The average molecular weight is 461 g/mol. The lowest BCUT2D eigenvalue weighted by molar-refractivity contribution is -0.192. The fourth-order valence-electron chi connectivity index (χ4n) is 3.12. The first kappa shape index (κ1) is 22.3. The standard InChI is InChI=1S/C16H17N3O2S2.C2HF3O2/c1-11-18-14(8-22-11)15(20)19-9-16(10-19)5-13(7-23-16)21-12-3-2-4-17-6-12;3-2(4,5)1(6)7/h2-4,6,8,13H,5,7,9-10H2,1H3;(H,6,7). The average Bonchev–Trinajstić information content (AvgIpc) is 3.27. The number of aromatic nitrogens is 2. The summed E-state index contributed by atoms with van der Waals surface area (Å²) in [5, 5.41) is 9.91. The highest BCUT2D eigenvalue weighted by Gasteiger charge is 2.51. The number of hydrogen-bond donors (Lipinski definition) is 1. The van der Waals surface area contributed by atoms with E-state index in [-0.39, 0.29) is 16.8 Å². The number of carbonyl (C=O) groups excluding carboxylic acids is 1. The molecule has 2 aliphatic heterocycles. The van der Waals surface area contributed by atoms with Crippen molar-refractivity contribution in [3.63, 3.8) is 0 Å². The van der Waals surface area contributed by atoms with Crippen molar-refractivity contribution in [1.29, 1.82) is 0 Å². The molecule has 0 radical (unpaired) electrons. The molecule has 1 N–H and O–H groups in total. The zero-order chi connectivity index (χ0) is 21.9. The highest BCUT2D eigenvalue weighted by molar-refractivity contribution is 8.01. The Morgan fingerprint density at radius 3 is 2.60 bits per heavy atom. The van der Waals surface area contributed by atoms with Crippen LogP contribution in [0.4, 0.5) is 13.2 Å². The molecule has 0 saturated carbocycles. The Kier molecular flexibility index (Phi) is 6.56. The molecule has 30 heavy (non-hydrogen) atoms. The fraction of sp³-hybridized carbons (Fsp3) is 0.444. The van der Waals surface area contributed by atoms with Gasteiger partial charge in [-0.2, -0.15) is 13.2 Å². The normalized spacial score (nSPS) is 19.6. The Balaban J connectivity index is 0.000000318. The van der Waals surface area contributed by atoms with E-state index < -0.39 is 12.1 Å². The number of thioether (sulfide) groups is 1. The number of nitrogens with zero attached hydrogens (tertiary/aromatic N) is 3. The second-order valence-electron chi connectivity index (χ2n) is 6.84. The zero-order valence-electron chi connectivity index (χ0n) is 15.8. The second kappa shape index (κ2) is 8.80. The highest BCUT2D eigenvalue weighted by atomic mass is 32.2. The molecule has 2 aliphatic rings. The molecule has 7 nitrogen and oxygen atoms in total. The number of carboxylic acids is 1. The third-order valence-electron chi connectivity index (χ3n) is 4.44. The molecule has 1 unspecified atom stereocenters. The zero-order valence-corrected chi connectivity index (χ0v) is 17.4. The van der Waals surface area contributed by atoms with Crippen molar-refractivity contribution in [1.82, 2.24) is 14.9 Å². The molecule has 4 heterocycles. The molecule has 2 saturated heterocycles. The molecule has 12 heteroatoms. The molecule has 0 bridgehead atoms. The molecular weight excluding hydrogens is 443 g/mol. The maximum absolute atomic E-state index is 12.4. The first-order chi connectivity index (χ1) is 14.1. The minimum atomic E-state index is -5.08. The largest absolute Gasteiger partial charge is 0.490 e. The molecule has 1 amide bonds. The summed E-state index contributed by atoms with van der Waals surface area (Å²) >= 11 is 3.44. The van der Waals surface area contributed by atoms with E-state index in [0.29, 0.717) is 5.69 Å². The number of thiazole rings is 1. The lowest BCUT2D eigenvalue weighted by Gasteiger charge is -2.47. The maximum Gasteiger partial charge on any atom is 0.490 e. The van der Waals surface area contributed by atoms with E-state index in [2.05, 4.69) is 9.97 Å². The number of aryl methyl sites for hydroxylation is 1. The second-order valence-corrected chi connectivity index (χ2v) is 9.39. The van der Waals surface area contributed by atoms with Crippen LogP contribution in [0.25, 0.3) is 0 Å². The van der Waals surface area contributed by atoms with E-state index >= 15 is 0 Å². The van der Waals surface area contributed by atoms with Crippen LogP contribution in [0.5, 0.6) is 5.75 Å². The molecule has 1 spiro atoms. The van der Waals surface area contributed by atoms with Crippen molar-refractivity contribution in [2.24, 2.45) is 0 Å². The van der Waals surface area contributed by atoms with Gasteiger partial charge in [0.25, 0.3) is 5.91 Å². The first-order valence-corrected chi connectivity index (χ1v) is 10.7. The number of ether oxygens (including phenoxy) is 1. The number of hydrogen-bond acceptors (Lipinski definition) is 7. The van der Waals surface area contributed by atoms with Gasteiger partial charge >= 0.3 is 12.1 Å². The summed E-state index contributed by atoms with van der Waals surface area (Å²) in [6.07, 6.45) is -0.417. The van der Waals surface area contributed by atoms with E-state index in [0.717, 1.165) is 36.0 Å². The van der Waals surface area contributed by atoms with Gasteiger partial charge in [-0.15, -0.1) is 23.1 Å². The quantitative estimate of drug-likeness (QED) is 0.750. The number of likely N-dealkylation sites (tertiary alicyclic amines) is 1. The number of rotatable bonds is 3. The number of pyridine rings is 1. The van der Waals surface area contributed by atoms with Gasteiger partial charge in [-0.05, 0) is 19.1 Å². The van der Waals surface area contributed by atoms with Gasteiger partial charge in [0.2, 0.25) is 0 Å². The predicted octanol–water partition coefficient (Wildman–Crippen LogP) is 3.26. The van der Waals surface area contributed by atoms with Crippen LogP contribution in [0, 0.1) is 6.92 Å². The van der Waals surface area contributed by atoms with Crippen LogP contribution >= 0.6 is 23.1 Å². The number of carboxylic acid groups (broad SMARTS) is 1. The van der Waals surface area contributed by atoms with Crippen molar-refractivity contribution < 1.29 is 32.6 Å². The summed E-state index contributed by atoms with van der Waals surface area (Å²) in [4.78, 5) is 31.5. The van der Waals surface area contributed by atoms with E-state index in [1.54, 1.807) is 12.4 Å². The molecule has 162 valence electrons. The van der Waals surface area contributed by atoms with Crippen molar-refractivity contribution in [2.45, 2.75) is 30.4 Å². The lowest BCUT2D eigenvalue weighted by atomic mass is 9.92. The van der Waals surface area contributed by atoms with E-state index in [1.165, 1.54) is 11.3 Å². The van der Waals surface area contributed by atoms with Crippen molar-refractivity contribution >= 4 is 35.0 Å². The van der Waals surface area contributed by atoms with Gasteiger partial charge < -0.3 is 14.7 Å². The van der Waals surface area contributed by atoms with Crippen LogP contribution in [-0.4, -0.2) is 67.7 Å². The number of carbonyl (C=O) groups is 2. The van der Waals surface area contributed by atoms with Crippen LogP contribution in [-0.2, 0) is 4.79 Å². The Labute approximate surface area is 178 Å². The third kappa shape index (κ3) is 5.42. The van der Waals surface area contributed by atoms with Gasteiger partial charge in [0.1, 0.15) is 17.5 Å². The van der Waals surface area contributed by atoms with E-state index in [9.17, 15) is 18.0 Å². The molecule has 0 aromatic carbocycles. The number of halogens is 3. The number of aliphatic carboxylic acids is 1. The van der Waals surface area contributed by atoms with Crippen molar-refractivity contribution in [3.05, 3.63) is 40.6 Å². The van der Waals surface area contributed by atoms with Crippen LogP contribution in [0.1, 0.15) is 21.9 Å². The van der Waals surface area contributed by atoms with Gasteiger partial charge in [-0.1, -0.05) is 0 Å². The minimum Gasteiger partial charge on any atom is -0.488 e. The third-order valence-corrected chi connectivity index (χ3v) is 6.79. The Morgan fingerprint density at radius 1 is 1.37 bits per heavy atom. The smallest absolute Gasteiger partial charge is 0.488 e. The van der Waals surface area contributed by atoms with Crippen LogP contribution in [0.2, 0.25) is 0 Å². The lowest BCUT2D eigenvalue weighted by Crippen LogP contribution is -2.60. The maximum atomic E-state index is 12.4. The molecule has 1 atom stereocenters. The van der Waals surface area contributed by atoms with Gasteiger partial charge in [0, 0.05) is 36.8 Å². The summed E-state index contributed by atoms with van der Waals surface area (Å²) < 4.78 is 37.9. The van der Waals surface area contributed by atoms with Gasteiger partial charge in [-0.3, -0.25) is 9.78 Å². The Morgan fingerprint density at radius 2 is 2.07 bits per heavy atom. The molecule has 2 aromatic rings. The minimum absolute atomic E-state index is 0.0530. The first-order valence-electron chi connectivity index (χ1n) is 8.80.